The highest BCUT2D eigenvalue weighted by atomic mass is 19.4. The van der Waals surface area contributed by atoms with Gasteiger partial charge in [-0.1, -0.05) is 59.8 Å². The number of nitrogens with one attached hydrogen (secondary N) is 3. The molecule has 14 heteroatoms. The summed E-state index contributed by atoms with van der Waals surface area (Å²) in [5.74, 6) is 0.0984. The number of nitrogens with two attached hydrogens (primary N) is 1. The van der Waals surface area contributed by atoms with Crippen molar-refractivity contribution in [2.45, 2.75) is 32.5 Å². The second-order valence-corrected chi connectivity index (χ2v) is 10.2. The summed E-state index contributed by atoms with van der Waals surface area (Å²) in [4.78, 5) is 25.2. The van der Waals surface area contributed by atoms with Gasteiger partial charge >= 0.3 is 18.1 Å². The maximum Gasteiger partial charge on any atom is 0.416 e. The number of nitrogens with zero attached hydrogens (tertiary/aromatic N) is 3. The molecular formula is C31H29F3N7O4+. The van der Waals surface area contributed by atoms with Crippen LogP contribution in [0.2, 0.25) is 0 Å². The Bertz CT molecular complexity index is 1780. The lowest BCUT2D eigenvalue weighted by molar-refractivity contribution is -0.775. The molecule has 232 valence electrons. The van der Waals surface area contributed by atoms with Gasteiger partial charge in [0.05, 0.1) is 24.2 Å². The number of amides is 3. The number of halogens is 3. The van der Waals surface area contributed by atoms with Gasteiger partial charge in [0.15, 0.2) is 0 Å². The minimum absolute atomic E-state index is 0.0407. The van der Waals surface area contributed by atoms with Crippen LogP contribution in [0.15, 0.2) is 88.0 Å². The van der Waals surface area contributed by atoms with Crippen LogP contribution in [0.3, 0.4) is 0 Å². The molecule has 0 aliphatic carbocycles. The van der Waals surface area contributed by atoms with E-state index in [1.165, 1.54) is 16.9 Å². The molecule has 0 aliphatic rings. The standard InChI is InChI=1S/C31H28F3N7O4/c1-18-29(19(2)44-39-18)22-10-8-21(9-11-22)26(16-35)41-17-28(45-40-41)38-30(43)37-25-14-23(31(32,33)34)13-24(15-25)36-27(42)12-20-6-4-3-5-7-20/h3-11,13-15,17,26H,12,16,35H2,1-2H3,(H2-,36,37,38,40,42,43)/p+1/t26-/m1/s1. The first-order valence-corrected chi connectivity index (χ1v) is 13.8. The highest BCUT2D eigenvalue weighted by Gasteiger charge is 2.32. The molecule has 1 atom stereocenters. The maximum atomic E-state index is 13.6. The molecule has 0 bridgehead atoms. The quantitative estimate of drug-likeness (QED) is 0.156. The average molecular weight is 621 g/mol. The van der Waals surface area contributed by atoms with Gasteiger partial charge in [0, 0.05) is 22.5 Å². The summed E-state index contributed by atoms with van der Waals surface area (Å²) in [7, 11) is 0. The SMILES string of the molecule is Cc1noc(C)c1-c1ccc([C@@H](CN)[n+]2cc(NC(=O)Nc3cc(NC(=O)Cc4ccccc4)cc(C(F)(F)F)c3)on2)cc1. The fraction of sp³-hybridized carbons (Fsp3) is 0.194. The maximum absolute atomic E-state index is 13.6. The molecule has 0 spiro atoms. The first kappa shape index (κ1) is 30.9. The molecule has 0 fully saturated rings. The third-order valence-electron chi connectivity index (χ3n) is 6.89. The molecule has 0 saturated heterocycles. The van der Waals surface area contributed by atoms with E-state index in [2.05, 4.69) is 26.4 Å². The zero-order valence-electron chi connectivity index (χ0n) is 24.2. The van der Waals surface area contributed by atoms with Gasteiger partial charge in [0.25, 0.3) is 6.20 Å². The number of rotatable bonds is 9. The topological polar surface area (TPSA) is 152 Å². The highest BCUT2D eigenvalue weighted by molar-refractivity contribution is 6.00. The van der Waals surface area contributed by atoms with Gasteiger partial charge in [-0.15, -0.1) is 0 Å². The number of hydrogen-bond acceptors (Lipinski definition) is 7. The molecule has 45 heavy (non-hydrogen) atoms. The molecule has 0 saturated carbocycles. The van der Waals surface area contributed by atoms with Crippen molar-refractivity contribution in [3.63, 3.8) is 0 Å². The Hall–Kier alpha value is -5.50. The molecule has 11 nitrogen and oxygen atoms in total. The lowest BCUT2D eigenvalue weighted by atomic mass is 10.00. The van der Waals surface area contributed by atoms with Crippen molar-refractivity contribution in [1.29, 1.82) is 0 Å². The van der Waals surface area contributed by atoms with Gasteiger partial charge in [0.2, 0.25) is 17.2 Å². The van der Waals surface area contributed by atoms with Crippen LogP contribution in [0.1, 0.15) is 34.2 Å². The van der Waals surface area contributed by atoms with E-state index in [-0.39, 0.29) is 30.2 Å². The van der Waals surface area contributed by atoms with Crippen molar-refractivity contribution in [3.05, 3.63) is 107 Å². The second-order valence-electron chi connectivity index (χ2n) is 10.2. The molecule has 3 aromatic carbocycles. The molecule has 5 N–H and O–H groups in total. The summed E-state index contributed by atoms with van der Waals surface area (Å²) in [6.07, 6.45) is -3.37. The van der Waals surface area contributed by atoms with E-state index in [0.29, 0.717) is 11.3 Å². The number of carbonyl (C=O) groups is 2. The third-order valence-corrected chi connectivity index (χ3v) is 6.89. The Labute approximate surface area is 255 Å². The number of benzene rings is 3. The second kappa shape index (κ2) is 13.0. The lowest BCUT2D eigenvalue weighted by Crippen LogP contribution is -2.45. The smallest absolute Gasteiger partial charge is 0.361 e. The molecule has 2 heterocycles. The van der Waals surface area contributed by atoms with E-state index in [1.807, 2.05) is 38.1 Å². The number of anilines is 3. The summed E-state index contributed by atoms with van der Waals surface area (Å²) in [6, 6.07) is 17.7. The van der Waals surface area contributed by atoms with Crippen LogP contribution in [0.25, 0.3) is 11.1 Å². The third kappa shape index (κ3) is 7.54. The van der Waals surface area contributed by atoms with E-state index < -0.39 is 29.7 Å². The van der Waals surface area contributed by atoms with E-state index in [1.54, 1.807) is 30.3 Å². The van der Waals surface area contributed by atoms with Crippen LogP contribution in [0.5, 0.6) is 0 Å². The fourth-order valence-corrected chi connectivity index (χ4v) is 4.82. The Kier molecular flexibility index (Phi) is 8.95. The van der Waals surface area contributed by atoms with Crippen molar-refractivity contribution in [3.8, 4) is 11.1 Å². The van der Waals surface area contributed by atoms with Crippen LogP contribution in [0, 0.1) is 13.8 Å². The van der Waals surface area contributed by atoms with Crippen molar-refractivity contribution in [1.82, 2.24) is 10.4 Å². The van der Waals surface area contributed by atoms with Crippen molar-refractivity contribution >= 4 is 29.2 Å². The van der Waals surface area contributed by atoms with Crippen LogP contribution in [-0.4, -0.2) is 28.9 Å². The largest absolute Gasteiger partial charge is 0.416 e. The first-order chi connectivity index (χ1) is 21.5. The van der Waals surface area contributed by atoms with Gasteiger partial charge in [0.1, 0.15) is 5.76 Å². The van der Waals surface area contributed by atoms with Gasteiger partial charge in [-0.05, 0) is 47.9 Å². The molecule has 2 aromatic heterocycles. The minimum atomic E-state index is -4.73. The van der Waals surface area contributed by atoms with E-state index in [9.17, 15) is 22.8 Å². The Morgan fingerprint density at radius 3 is 2.24 bits per heavy atom. The Balaban J connectivity index is 1.27. The molecule has 0 aliphatic heterocycles. The molecule has 0 radical (unpaired) electrons. The van der Waals surface area contributed by atoms with Gasteiger partial charge in [-0.2, -0.15) is 13.2 Å². The van der Waals surface area contributed by atoms with E-state index in [4.69, 9.17) is 14.8 Å². The Morgan fingerprint density at radius 2 is 1.62 bits per heavy atom. The number of alkyl halides is 3. The van der Waals surface area contributed by atoms with Gasteiger partial charge in [-0.3, -0.25) is 14.6 Å². The summed E-state index contributed by atoms with van der Waals surface area (Å²) in [6.45, 7) is 3.84. The van der Waals surface area contributed by atoms with Gasteiger partial charge in [-0.25, -0.2) is 4.79 Å². The summed E-state index contributed by atoms with van der Waals surface area (Å²) >= 11 is 0. The first-order valence-electron chi connectivity index (χ1n) is 13.8. The summed E-state index contributed by atoms with van der Waals surface area (Å²) in [5.41, 5.74) is 8.72. The predicted octanol–water partition coefficient (Wildman–Crippen LogP) is 5.63. The number of hydrogen-bond donors (Lipinski definition) is 4. The number of aromatic nitrogens is 3. The average Bonchev–Trinajstić information content (AvgIpc) is 3.58. The monoisotopic (exact) mass is 620 g/mol. The molecule has 3 amide bonds. The number of aryl methyl sites for hydroxylation is 2. The van der Waals surface area contributed by atoms with Crippen molar-refractivity contribution < 1.29 is 36.5 Å². The fourth-order valence-electron chi connectivity index (χ4n) is 4.82. The molecule has 5 aromatic rings. The van der Waals surface area contributed by atoms with E-state index >= 15 is 0 Å². The molecule has 5 rings (SSSR count). The minimum Gasteiger partial charge on any atom is -0.361 e. The van der Waals surface area contributed by atoms with Crippen LogP contribution in [-0.2, 0) is 17.4 Å². The zero-order chi connectivity index (χ0) is 32.1. The number of carbonyl (C=O) groups excluding carboxylic acids is 2. The predicted molar refractivity (Wildman–Crippen MR) is 158 cm³/mol. The van der Waals surface area contributed by atoms with Crippen LogP contribution < -0.4 is 26.4 Å². The highest BCUT2D eigenvalue weighted by Crippen LogP contribution is 2.34. The zero-order valence-corrected chi connectivity index (χ0v) is 24.2. The summed E-state index contributed by atoms with van der Waals surface area (Å²) in [5, 5.41) is 15.1. The van der Waals surface area contributed by atoms with Crippen molar-refractivity contribution in [2.75, 3.05) is 22.5 Å². The molecule has 0 unspecified atom stereocenters. The van der Waals surface area contributed by atoms with E-state index in [0.717, 1.165) is 34.5 Å². The summed E-state index contributed by atoms with van der Waals surface area (Å²) < 4.78 is 52.7. The Morgan fingerprint density at radius 1 is 0.933 bits per heavy atom. The normalized spacial score (nSPS) is 12.0. The van der Waals surface area contributed by atoms with Gasteiger partial charge < -0.3 is 20.9 Å². The van der Waals surface area contributed by atoms with Crippen molar-refractivity contribution in [2.24, 2.45) is 5.73 Å². The molecular weight excluding hydrogens is 591 g/mol. The van der Waals surface area contributed by atoms with Crippen LogP contribution in [0.4, 0.5) is 35.2 Å². The lowest BCUT2D eigenvalue weighted by Gasteiger charge is -2.14. The van der Waals surface area contributed by atoms with Crippen LogP contribution >= 0.6 is 0 Å². The number of urea groups is 1.